The van der Waals surface area contributed by atoms with Crippen molar-refractivity contribution in [1.82, 2.24) is 15.1 Å². The van der Waals surface area contributed by atoms with Crippen molar-refractivity contribution in [2.75, 3.05) is 27.2 Å². The Hall–Kier alpha value is -1.15. The molecule has 1 aliphatic rings. The number of amides is 2. The van der Waals surface area contributed by atoms with Gasteiger partial charge in [0.15, 0.2) is 0 Å². The minimum absolute atomic E-state index is 0.184. The molecule has 1 aliphatic heterocycles. The van der Waals surface area contributed by atoms with E-state index in [9.17, 15) is 9.59 Å². The SMILES string of the molecule is CN(C)CCN1C(=O)C(NC(=O)c2ccccc2Cl)C(C)(C)SC1=S. The third-order valence-electron chi connectivity index (χ3n) is 3.94. The molecule has 1 atom stereocenters. The minimum Gasteiger partial charge on any atom is -0.339 e. The summed E-state index contributed by atoms with van der Waals surface area (Å²) in [5.41, 5.74) is 0.353. The highest BCUT2D eigenvalue weighted by Crippen LogP contribution is 2.36. The molecule has 5 nitrogen and oxygen atoms in total. The maximum Gasteiger partial charge on any atom is 0.253 e. The number of thiocarbonyl (C=S) groups is 1. The van der Waals surface area contributed by atoms with Gasteiger partial charge in [0.05, 0.1) is 10.6 Å². The van der Waals surface area contributed by atoms with Crippen LogP contribution in [0.15, 0.2) is 24.3 Å². The van der Waals surface area contributed by atoms with E-state index in [0.717, 1.165) is 0 Å². The van der Waals surface area contributed by atoms with Crippen LogP contribution in [0.3, 0.4) is 0 Å². The molecule has 1 unspecified atom stereocenters. The lowest BCUT2D eigenvalue weighted by Gasteiger charge is -2.42. The quantitative estimate of drug-likeness (QED) is 0.771. The van der Waals surface area contributed by atoms with E-state index in [2.05, 4.69) is 5.32 Å². The maximum atomic E-state index is 13.0. The highest BCUT2D eigenvalue weighted by atomic mass is 35.5. The van der Waals surface area contributed by atoms with E-state index in [0.29, 0.717) is 28.0 Å². The first kappa shape index (κ1) is 20.2. The molecular formula is C17H22ClN3O2S2. The van der Waals surface area contributed by atoms with E-state index < -0.39 is 10.8 Å². The third kappa shape index (κ3) is 4.73. The molecule has 1 N–H and O–H groups in total. The summed E-state index contributed by atoms with van der Waals surface area (Å²) in [5.74, 6) is -0.547. The second kappa shape index (κ2) is 8.03. The molecule has 1 saturated heterocycles. The van der Waals surface area contributed by atoms with E-state index in [-0.39, 0.29) is 11.8 Å². The number of nitrogens with one attached hydrogen (secondary N) is 1. The van der Waals surface area contributed by atoms with Crippen LogP contribution in [0.5, 0.6) is 0 Å². The van der Waals surface area contributed by atoms with Crippen molar-refractivity contribution in [1.29, 1.82) is 0 Å². The lowest BCUT2D eigenvalue weighted by molar-refractivity contribution is -0.130. The fourth-order valence-electron chi connectivity index (χ4n) is 2.47. The highest BCUT2D eigenvalue weighted by Gasteiger charge is 2.46. The Morgan fingerprint density at radius 2 is 2.04 bits per heavy atom. The molecule has 136 valence electrons. The number of rotatable bonds is 5. The number of benzene rings is 1. The van der Waals surface area contributed by atoms with E-state index in [1.54, 1.807) is 29.2 Å². The first-order chi connectivity index (χ1) is 11.6. The van der Waals surface area contributed by atoms with Crippen molar-refractivity contribution in [3.8, 4) is 0 Å². The number of carbonyl (C=O) groups excluding carboxylic acids is 2. The number of thioether (sulfide) groups is 1. The fourth-order valence-corrected chi connectivity index (χ4v) is 4.54. The van der Waals surface area contributed by atoms with Crippen molar-refractivity contribution in [2.45, 2.75) is 24.6 Å². The summed E-state index contributed by atoms with van der Waals surface area (Å²) in [6, 6.07) is 6.10. The number of carbonyl (C=O) groups is 2. The van der Waals surface area contributed by atoms with Crippen molar-refractivity contribution >= 4 is 51.7 Å². The maximum absolute atomic E-state index is 13.0. The normalized spacial score (nSPS) is 20.1. The molecule has 25 heavy (non-hydrogen) atoms. The van der Waals surface area contributed by atoms with Gasteiger partial charge in [0, 0.05) is 17.8 Å². The summed E-state index contributed by atoms with van der Waals surface area (Å²) in [7, 11) is 3.87. The van der Waals surface area contributed by atoms with Gasteiger partial charge in [-0.3, -0.25) is 14.5 Å². The molecule has 1 aromatic rings. The van der Waals surface area contributed by atoms with Gasteiger partial charge in [0.25, 0.3) is 11.8 Å². The molecule has 0 aliphatic carbocycles. The van der Waals surface area contributed by atoms with Gasteiger partial charge in [0.2, 0.25) is 0 Å². The molecule has 0 bridgehead atoms. The Morgan fingerprint density at radius 1 is 1.40 bits per heavy atom. The predicted octanol–water partition coefficient (Wildman–Crippen LogP) is 2.64. The number of hydrogen-bond donors (Lipinski definition) is 1. The Morgan fingerprint density at radius 3 is 2.64 bits per heavy atom. The highest BCUT2D eigenvalue weighted by molar-refractivity contribution is 8.24. The van der Waals surface area contributed by atoms with Crippen LogP contribution in [0.4, 0.5) is 0 Å². The van der Waals surface area contributed by atoms with E-state index in [1.807, 2.05) is 32.8 Å². The van der Waals surface area contributed by atoms with E-state index >= 15 is 0 Å². The molecule has 1 heterocycles. The second-order valence-electron chi connectivity index (χ2n) is 6.65. The molecule has 0 saturated carbocycles. The van der Waals surface area contributed by atoms with Crippen molar-refractivity contribution in [3.63, 3.8) is 0 Å². The van der Waals surface area contributed by atoms with Gasteiger partial charge in [-0.2, -0.15) is 0 Å². The third-order valence-corrected chi connectivity index (χ3v) is 5.90. The summed E-state index contributed by atoms with van der Waals surface area (Å²) in [6.07, 6.45) is 0. The van der Waals surface area contributed by atoms with Crippen LogP contribution >= 0.6 is 35.6 Å². The van der Waals surface area contributed by atoms with Crippen molar-refractivity contribution in [3.05, 3.63) is 34.9 Å². The summed E-state index contributed by atoms with van der Waals surface area (Å²) < 4.78 is -0.000212. The number of nitrogens with zero attached hydrogens (tertiary/aromatic N) is 2. The first-order valence-corrected chi connectivity index (χ1v) is 9.48. The average Bonchev–Trinajstić information content (AvgIpc) is 2.50. The molecule has 8 heteroatoms. The zero-order valence-corrected chi connectivity index (χ0v) is 17.1. The standard InChI is InChI=1S/C17H22ClN3O2S2/c1-17(2)13(19-14(22)11-7-5-6-8-12(11)18)15(23)21(16(24)25-17)10-9-20(3)4/h5-8,13H,9-10H2,1-4H3,(H,19,22). The Kier molecular flexibility index (Phi) is 6.48. The topological polar surface area (TPSA) is 52.6 Å². The molecule has 1 aromatic carbocycles. The van der Waals surface area contributed by atoms with E-state index in [1.165, 1.54) is 11.8 Å². The van der Waals surface area contributed by atoms with Gasteiger partial charge in [-0.1, -0.05) is 47.7 Å². The van der Waals surface area contributed by atoms with Crippen LogP contribution in [0.2, 0.25) is 5.02 Å². The van der Waals surface area contributed by atoms with Crippen LogP contribution in [0.25, 0.3) is 0 Å². The van der Waals surface area contributed by atoms with Crippen LogP contribution in [0, 0.1) is 0 Å². The lowest BCUT2D eigenvalue weighted by Crippen LogP contribution is -2.62. The zero-order chi connectivity index (χ0) is 18.8. The smallest absolute Gasteiger partial charge is 0.253 e. The molecular weight excluding hydrogens is 378 g/mol. The largest absolute Gasteiger partial charge is 0.339 e. The van der Waals surface area contributed by atoms with Gasteiger partial charge in [-0.25, -0.2) is 0 Å². The minimum atomic E-state index is -0.685. The molecule has 2 amide bonds. The average molecular weight is 400 g/mol. The van der Waals surface area contributed by atoms with Crippen LogP contribution in [0.1, 0.15) is 24.2 Å². The Labute approximate surface area is 163 Å². The molecule has 0 aromatic heterocycles. The summed E-state index contributed by atoms with van der Waals surface area (Å²) in [5, 5.41) is 3.20. The Balaban J connectivity index is 2.21. The van der Waals surface area contributed by atoms with Crippen molar-refractivity contribution < 1.29 is 9.59 Å². The monoisotopic (exact) mass is 399 g/mol. The van der Waals surface area contributed by atoms with Gasteiger partial charge in [-0.05, 0) is 40.1 Å². The van der Waals surface area contributed by atoms with Crippen LogP contribution < -0.4 is 5.32 Å². The molecule has 0 spiro atoms. The summed E-state index contributed by atoms with van der Waals surface area (Å²) in [4.78, 5) is 29.1. The summed E-state index contributed by atoms with van der Waals surface area (Å²) >= 11 is 12.9. The fraction of sp³-hybridized carbons (Fsp3) is 0.471. The van der Waals surface area contributed by atoms with Crippen molar-refractivity contribution in [2.24, 2.45) is 0 Å². The van der Waals surface area contributed by atoms with Crippen LogP contribution in [-0.4, -0.2) is 63.9 Å². The lowest BCUT2D eigenvalue weighted by atomic mass is 10.0. The predicted molar refractivity (Wildman–Crippen MR) is 107 cm³/mol. The van der Waals surface area contributed by atoms with Gasteiger partial charge < -0.3 is 10.2 Å². The van der Waals surface area contributed by atoms with Crippen LogP contribution in [-0.2, 0) is 4.79 Å². The van der Waals surface area contributed by atoms with Gasteiger partial charge in [-0.15, -0.1) is 0 Å². The van der Waals surface area contributed by atoms with E-state index in [4.69, 9.17) is 23.8 Å². The molecule has 2 rings (SSSR count). The summed E-state index contributed by atoms with van der Waals surface area (Å²) in [6.45, 7) is 5.00. The second-order valence-corrected chi connectivity index (χ2v) is 9.35. The number of likely N-dealkylation sites (N-methyl/N-ethyl adjacent to an activating group) is 1. The van der Waals surface area contributed by atoms with Gasteiger partial charge >= 0.3 is 0 Å². The zero-order valence-electron chi connectivity index (χ0n) is 14.7. The molecule has 0 radical (unpaired) electrons. The first-order valence-electron chi connectivity index (χ1n) is 7.88. The Bertz CT molecular complexity index is 694. The van der Waals surface area contributed by atoms with Gasteiger partial charge in [0.1, 0.15) is 10.4 Å². The molecule has 1 fully saturated rings. The number of halogens is 1. The number of hydrogen-bond acceptors (Lipinski definition) is 5.